The lowest BCUT2D eigenvalue weighted by Gasteiger charge is -2.25. The van der Waals surface area contributed by atoms with Crippen LogP contribution in [-0.2, 0) is 11.2 Å². The van der Waals surface area contributed by atoms with Gasteiger partial charge in [0.25, 0.3) is 0 Å². The van der Waals surface area contributed by atoms with Crippen LogP contribution in [-0.4, -0.2) is 25.9 Å². The predicted octanol–water partition coefficient (Wildman–Crippen LogP) is 2.82. The summed E-state index contributed by atoms with van der Waals surface area (Å²) >= 11 is 3.53. The van der Waals surface area contributed by atoms with Gasteiger partial charge in [0.05, 0.1) is 13.2 Å². The molecule has 1 aliphatic rings. The van der Waals surface area contributed by atoms with E-state index in [9.17, 15) is 0 Å². The maximum atomic E-state index is 6.17. The molecule has 2 rings (SSSR count). The number of hydrogen-bond donors (Lipinski definition) is 1. The van der Waals surface area contributed by atoms with E-state index in [4.69, 9.17) is 15.2 Å². The van der Waals surface area contributed by atoms with E-state index in [-0.39, 0.29) is 6.10 Å². The van der Waals surface area contributed by atoms with Gasteiger partial charge in [0.1, 0.15) is 11.9 Å². The molecular weight excluding hydrogens is 294 g/mol. The maximum Gasteiger partial charge on any atom is 0.125 e. The molecule has 2 N–H and O–H groups in total. The zero-order valence-electron chi connectivity index (χ0n) is 10.7. The van der Waals surface area contributed by atoms with Gasteiger partial charge in [-0.25, -0.2) is 0 Å². The molecule has 0 unspecified atom stereocenters. The first-order valence-electron chi connectivity index (χ1n) is 6.44. The molecule has 18 heavy (non-hydrogen) atoms. The van der Waals surface area contributed by atoms with Gasteiger partial charge in [-0.1, -0.05) is 15.9 Å². The van der Waals surface area contributed by atoms with Crippen LogP contribution in [0.5, 0.6) is 5.75 Å². The molecule has 0 aliphatic carbocycles. The number of halogens is 1. The summed E-state index contributed by atoms with van der Waals surface area (Å²) in [6.45, 7) is 4.32. The minimum absolute atomic E-state index is 0.273. The van der Waals surface area contributed by atoms with Crippen molar-refractivity contribution in [3.8, 4) is 5.75 Å². The van der Waals surface area contributed by atoms with Crippen LogP contribution in [0.1, 0.15) is 24.0 Å². The van der Waals surface area contributed by atoms with Gasteiger partial charge >= 0.3 is 0 Å². The molecule has 1 aromatic rings. The minimum Gasteiger partial charge on any atom is -0.490 e. The fourth-order valence-electron chi connectivity index (χ4n) is 2.27. The highest BCUT2D eigenvalue weighted by Gasteiger charge is 2.18. The van der Waals surface area contributed by atoms with E-state index < -0.39 is 0 Å². The predicted molar refractivity (Wildman–Crippen MR) is 76.1 cm³/mol. The van der Waals surface area contributed by atoms with Gasteiger partial charge in [-0.15, -0.1) is 0 Å². The Morgan fingerprint density at radius 2 is 2.11 bits per heavy atom. The van der Waals surface area contributed by atoms with E-state index in [1.807, 2.05) is 0 Å². The van der Waals surface area contributed by atoms with Crippen molar-refractivity contribution in [2.45, 2.75) is 32.3 Å². The maximum absolute atomic E-state index is 6.17. The standard InChI is InChI=1S/C14H20BrNO2/c1-10-8-12(15)9-11(2-5-16)14(10)18-13-3-6-17-7-4-13/h8-9,13H,2-7,16H2,1H3. The average Bonchev–Trinajstić information content (AvgIpc) is 2.35. The van der Waals surface area contributed by atoms with Crippen molar-refractivity contribution in [2.75, 3.05) is 19.8 Å². The Kier molecular flexibility index (Phi) is 5.03. The van der Waals surface area contributed by atoms with Crippen LogP contribution in [0.3, 0.4) is 0 Å². The molecule has 3 nitrogen and oxygen atoms in total. The minimum atomic E-state index is 0.273. The van der Waals surface area contributed by atoms with E-state index in [1.165, 1.54) is 11.1 Å². The Hall–Kier alpha value is -0.580. The van der Waals surface area contributed by atoms with E-state index in [1.54, 1.807) is 0 Å². The number of nitrogens with two attached hydrogens (primary N) is 1. The van der Waals surface area contributed by atoms with Crippen molar-refractivity contribution in [2.24, 2.45) is 5.73 Å². The third-order valence-electron chi connectivity index (χ3n) is 3.18. The van der Waals surface area contributed by atoms with Crippen molar-refractivity contribution in [1.82, 2.24) is 0 Å². The summed E-state index contributed by atoms with van der Waals surface area (Å²) in [5, 5.41) is 0. The normalized spacial score (nSPS) is 16.8. The van der Waals surface area contributed by atoms with Crippen molar-refractivity contribution in [3.05, 3.63) is 27.7 Å². The Morgan fingerprint density at radius 3 is 2.78 bits per heavy atom. The van der Waals surface area contributed by atoms with Crippen molar-refractivity contribution >= 4 is 15.9 Å². The highest BCUT2D eigenvalue weighted by molar-refractivity contribution is 9.10. The zero-order valence-corrected chi connectivity index (χ0v) is 12.3. The molecule has 4 heteroatoms. The lowest BCUT2D eigenvalue weighted by atomic mass is 10.1. The molecule has 1 aliphatic heterocycles. The van der Waals surface area contributed by atoms with Crippen LogP contribution in [0.4, 0.5) is 0 Å². The van der Waals surface area contributed by atoms with E-state index in [0.29, 0.717) is 6.54 Å². The molecule has 0 spiro atoms. The Bertz CT molecular complexity index is 403. The second-order valence-corrected chi connectivity index (χ2v) is 5.59. The summed E-state index contributed by atoms with van der Waals surface area (Å²) in [5.41, 5.74) is 8.03. The van der Waals surface area contributed by atoms with Gasteiger partial charge in [0, 0.05) is 17.3 Å². The summed E-state index contributed by atoms with van der Waals surface area (Å²) < 4.78 is 12.6. The van der Waals surface area contributed by atoms with Gasteiger partial charge in [-0.2, -0.15) is 0 Å². The molecule has 1 saturated heterocycles. The number of ether oxygens (including phenoxy) is 2. The second kappa shape index (κ2) is 6.55. The number of hydrogen-bond acceptors (Lipinski definition) is 3. The molecule has 0 saturated carbocycles. The summed E-state index contributed by atoms with van der Waals surface area (Å²) in [6.07, 6.45) is 3.06. The molecule has 1 aromatic carbocycles. The molecule has 0 atom stereocenters. The van der Waals surface area contributed by atoms with Gasteiger partial charge in [0.2, 0.25) is 0 Å². The molecule has 0 aromatic heterocycles. The van der Waals surface area contributed by atoms with Gasteiger partial charge in [0.15, 0.2) is 0 Å². The van der Waals surface area contributed by atoms with Gasteiger partial charge < -0.3 is 15.2 Å². The third-order valence-corrected chi connectivity index (χ3v) is 3.64. The number of aryl methyl sites for hydroxylation is 1. The molecule has 100 valence electrons. The number of benzene rings is 1. The zero-order chi connectivity index (χ0) is 13.0. The summed E-state index contributed by atoms with van der Waals surface area (Å²) in [6, 6.07) is 4.20. The van der Waals surface area contributed by atoms with Gasteiger partial charge in [-0.05, 0) is 43.1 Å². The van der Waals surface area contributed by atoms with Crippen LogP contribution in [0.25, 0.3) is 0 Å². The Morgan fingerprint density at radius 1 is 1.39 bits per heavy atom. The molecule has 0 bridgehead atoms. The first-order chi connectivity index (χ1) is 8.70. The summed E-state index contributed by atoms with van der Waals surface area (Å²) in [4.78, 5) is 0. The first-order valence-corrected chi connectivity index (χ1v) is 7.23. The Labute approximate surface area is 117 Å². The SMILES string of the molecule is Cc1cc(Br)cc(CCN)c1OC1CCOCC1. The monoisotopic (exact) mass is 313 g/mol. The smallest absolute Gasteiger partial charge is 0.125 e. The summed E-state index contributed by atoms with van der Waals surface area (Å²) in [7, 11) is 0. The average molecular weight is 314 g/mol. The van der Waals surface area contributed by atoms with Crippen LogP contribution < -0.4 is 10.5 Å². The van der Waals surface area contributed by atoms with Crippen LogP contribution in [0.15, 0.2) is 16.6 Å². The highest BCUT2D eigenvalue weighted by atomic mass is 79.9. The topological polar surface area (TPSA) is 44.5 Å². The summed E-state index contributed by atoms with van der Waals surface area (Å²) in [5.74, 6) is 1.01. The first kappa shape index (κ1) is 13.8. The van der Waals surface area contributed by atoms with Crippen LogP contribution in [0, 0.1) is 6.92 Å². The van der Waals surface area contributed by atoms with E-state index in [2.05, 4.69) is 35.0 Å². The van der Waals surface area contributed by atoms with Crippen molar-refractivity contribution in [1.29, 1.82) is 0 Å². The van der Waals surface area contributed by atoms with E-state index >= 15 is 0 Å². The molecule has 1 heterocycles. The molecule has 0 radical (unpaired) electrons. The molecular formula is C14H20BrNO2. The number of rotatable bonds is 4. The van der Waals surface area contributed by atoms with E-state index in [0.717, 1.165) is 42.7 Å². The Balaban J connectivity index is 2.18. The second-order valence-electron chi connectivity index (χ2n) is 4.68. The van der Waals surface area contributed by atoms with Crippen molar-refractivity contribution in [3.63, 3.8) is 0 Å². The van der Waals surface area contributed by atoms with Crippen LogP contribution >= 0.6 is 15.9 Å². The lowest BCUT2D eigenvalue weighted by Crippen LogP contribution is -2.26. The fraction of sp³-hybridized carbons (Fsp3) is 0.571. The third kappa shape index (κ3) is 3.46. The van der Waals surface area contributed by atoms with Gasteiger partial charge in [-0.3, -0.25) is 0 Å². The quantitative estimate of drug-likeness (QED) is 0.929. The largest absolute Gasteiger partial charge is 0.490 e. The van der Waals surface area contributed by atoms with Crippen LogP contribution in [0.2, 0.25) is 0 Å². The highest BCUT2D eigenvalue weighted by Crippen LogP contribution is 2.30. The lowest BCUT2D eigenvalue weighted by molar-refractivity contribution is 0.0249. The van der Waals surface area contributed by atoms with Crippen molar-refractivity contribution < 1.29 is 9.47 Å². The molecule has 1 fully saturated rings. The molecule has 0 amide bonds. The fourth-order valence-corrected chi connectivity index (χ4v) is 2.89.